The highest BCUT2D eigenvalue weighted by Crippen LogP contribution is 2.40. The van der Waals surface area contributed by atoms with Gasteiger partial charge in [0.05, 0.1) is 31.4 Å². The van der Waals surface area contributed by atoms with Gasteiger partial charge in [-0.15, -0.1) is 0 Å². The molecule has 7 heteroatoms. The normalized spacial score (nSPS) is 20.4. The van der Waals surface area contributed by atoms with Crippen LogP contribution in [0.4, 0.5) is 0 Å². The molecule has 0 aromatic heterocycles. The summed E-state index contributed by atoms with van der Waals surface area (Å²) in [5.41, 5.74) is 0.510. The number of aliphatic hydroxyl groups excluding tert-OH is 1. The Kier molecular flexibility index (Phi) is 5.85. The number of aldehydes is 1. The van der Waals surface area contributed by atoms with Crippen LogP contribution in [0.3, 0.4) is 0 Å². The van der Waals surface area contributed by atoms with Crippen LogP contribution in [0.1, 0.15) is 29.3 Å². The topological polar surface area (TPSA) is 82.1 Å². The van der Waals surface area contributed by atoms with Gasteiger partial charge in [-0.25, -0.2) is 0 Å². The molecule has 0 saturated heterocycles. The molecule has 1 aliphatic carbocycles. The van der Waals surface area contributed by atoms with Gasteiger partial charge in [0.2, 0.25) is 0 Å². The van der Waals surface area contributed by atoms with Gasteiger partial charge in [0, 0.05) is 24.0 Å². The average Bonchev–Trinajstić information content (AvgIpc) is 2.57. The Morgan fingerprint density at radius 3 is 2.62 bits per heavy atom. The second kappa shape index (κ2) is 7.68. The summed E-state index contributed by atoms with van der Waals surface area (Å²) < 4.78 is 16.4. The first-order valence-electron chi connectivity index (χ1n) is 7.37. The molecule has 0 heterocycles. The molecule has 1 aliphatic rings. The number of aliphatic hydroxyl groups is 1. The largest absolute Gasteiger partial charge is 0.497 e. The van der Waals surface area contributed by atoms with E-state index in [0.717, 1.165) is 0 Å². The van der Waals surface area contributed by atoms with Gasteiger partial charge in [0.15, 0.2) is 23.9 Å². The number of carbonyl (C=O) groups is 2. The first-order valence-corrected chi connectivity index (χ1v) is 7.75. The molecule has 2 unspecified atom stereocenters. The molecule has 24 heavy (non-hydrogen) atoms. The molecule has 130 valence electrons. The van der Waals surface area contributed by atoms with Gasteiger partial charge in [0.25, 0.3) is 0 Å². The monoisotopic (exact) mass is 354 g/mol. The molecule has 1 aromatic rings. The molecule has 1 N–H and O–H groups in total. The third-order valence-corrected chi connectivity index (χ3v) is 4.32. The van der Waals surface area contributed by atoms with Crippen LogP contribution in [0.25, 0.3) is 0 Å². The van der Waals surface area contributed by atoms with Gasteiger partial charge in [-0.1, -0.05) is 18.5 Å². The van der Waals surface area contributed by atoms with Crippen molar-refractivity contribution >= 4 is 23.7 Å². The molecule has 0 bridgehead atoms. The van der Waals surface area contributed by atoms with E-state index in [4.69, 9.17) is 25.8 Å². The maximum absolute atomic E-state index is 11.7. The van der Waals surface area contributed by atoms with Gasteiger partial charge < -0.3 is 19.3 Å². The Hall–Kier alpha value is -2.05. The molecule has 0 spiro atoms. The molecule has 2 atom stereocenters. The lowest BCUT2D eigenvalue weighted by Gasteiger charge is -2.30. The lowest BCUT2D eigenvalue weighted by atomic mass is 9.91. The van der Waals surface area contributed by atoms with Crippen LogP contribution < -0.4 is 9.47 Å². The summed E-state index contributed by atoms with van der Waals surface area (Å²) in [6, 6.07) is 1.49. The van der Waals surface area contributed by atoms with Crippen molar-refractivity contribution in [1.29, 1.82) is 0 Å². The quantitative estimate of drug-likeness (QED) is 0.790. The highest BCUT2D eigenvalue weighted by molar-refractivity contribution is 6.33. The van der Waals surface area contributed by atoms with E-state index in [-0.39, 0.29) is 40.4 Å². The van der Waals surface area contributed by atoms with Crippen molar-refractivity contribution in [3.8, 4) is 11.5 Å². The van der Waals surface area contributed by atoms with E-state index < -0.39 is 6.10 Å². The van der Waals surface area contributed by atoms with Crippen molar-refractivity contribution in [3.05, 3.63) is 34.1 Å². The van der Waals surface area contributed by atoms with E-state index in [2.05, 4.69) is 0 Å². The summed E-state index contributed by atoms with van der Waals surface area (Å²) in [7, 11) is 2.85. The van der Waals surface area contributed by atoms with Crippen molar-refractivity contribution in [3.63, 3.8) is 0 Å². The number of allylic oxidation sites excluding steroid dienone is 1. The van der Waals surface area contributed by atoms with Crippen LogP contribution in [0.2, 0.25) is 5.02 Å². The van der Waals surface area contributed by atoms with Crippen LogP contribution in [-0.4, -0.2) is 37.5 Å². The lowest BCUT2D eigenvalue weighted by Crippen LogP contribution is -2.34. The van der Waals surface area contributed by atoms with E-state index in [1.165, 1.54) is 26.4 Å². The number of ketones is 1. The number of ether oxygens (including phenoxy) is 3. The number of carbonyl (C=O) groups excluding carboxylic acids is 2. The Bertz CT molecular complexity index is 682. The maximum Gasteiger partial charge on any atom is 0.159 e. The molecular weight excluding hydrogens is 336 g/mol. The SMILES string of the molecule is COC1=CC(=O)CC(C)C1Oc1c(Cl)c(CO)cc(OC)c1C=O. The molecular formula is C17H19ClO6. The molecule has 0 saturated carbocycles. The fraction of sp³-hybridized carbons (Fsp3) is 0.412. The number of hydrogen-bond acceptors (Lipinski definition) is 6. The van der Waals surface area contributed by atoms with Crippen LogP contribution >= 0.6 is 11.6 Å². The third-order valence-electron chi connectivity index (χ3n) is 3.91. The minimum absolute atomic E-state index is 0.0532. The van der Waals surface area contributed by atoms with E-state index in [1.54, 1.807) is 0 Å². The summed E-state index contributed by atoms with van der Waals surface area (Å²) in [4.78, 5) is 23.2. The Balaban J connectivity index is 2.53. The van der Waals surface area contributed by atoms with Crippen LogP contribution in [0, 0.1) is 5.92 Å². The van der Waals surface area contributed by atoms with Gasteiger partial charge in [-0.3, -0.25) is 9.59 Å². The first kappa shape index (κ1) is 18.3. The van der Waals surface area contributed by atoms with Gasteiger partial charge in [0.1, 0.15) is 11.5 Å². The molecule has 6 nitrogen and oxygen atoms in total. The standard InChI is InChI=1S/C17H19ClO6/c1-9-4-11(21)6-14(23-3)16(9)24-17-12(8-20)13(22-2)5-10(7-19)15(17)18/h5-6,8-9,16,19H,4,7H2,1-3H3. The van der Waals surface area contributed by atoms with Crippen molar-refractivity contribution in [2.75, 3.05) is 14.2 Å². The van der Waals surface area contributed by atoms with Crippen molar-refractivity contribution < 1.29 is 28.9 Å². The minimum Gasteiger partial charge on any atom is -0.497 e. The zero-order chi connectivity index (χ0) is 17.9. The third kappa shape index (κ3) is 3.39. The highest BCUT2D eigenvalue weighted by atomic mass is 35.5. The molecule has 0 amide bonds. The fourth-order valence-corrected chi connectivity index (χ4v) is 2.93. The molecule has 2 rings (SSSR count). The molecule has 0 radical (unpaired) electrons. The van der Waals surface area contributed by atoms with Gasteiger partial charge in [-0.05, 0) is 6.07 Å². The number of methoxy groups -OCH3 is 2. The Morgan fingerprint density at radius 2 is 2.08 bits per heavy atom. The second-order valence-corrected chi connectivity index (χ2v) is 5.89. The van der Waals surface area contributed by atoms with Gasteiger partial charge >= 0.3 is 0 Å². The smallest absolute Gasteiger partial charge is 0.159 e. The van der Waals surface area contributed by atoms with Crippen molar-refractivity contribution in [2.45, 2.75) is 26.1 Å². The lowest BCUT2D eigenvalue weighted by molar-refractivity contribution is -0.117. The van der Waals surface area contributed by atoms with Crippen LogP contribution in [0.5, 0.6) is 11.5 Å². The Morgan fingerprint density at radius 1 is 1.38 bits per heavy atom. The first-order chi connectivity index (χ1) is 11.5. The zero-order valence-corrected chi connectivity index (χ0v) is 14.4. The van der Waals surface area contributed by atoms with E-state index >= 15 is 0 Å². The molecule has 0 fully saturated rings. The Labute approximate surface area is 145 Å². The zero-order valence-electron chi connectivity index (χ0n) is 13.7. The second-order valence-electron chi connectivity index (χ2n) is 5.51. The number of benzene rings is 1. The average molecular weight is 355 g/mol. The summed E-state index contributed by atoms with van der Waals surface area (Å²) in [6.45, 7) is 1.51. The molecule has 0 aliphatic heterocycles. The molecule has 1 aromatic carbocycles. The van der Waals surface area contributed by atoms with Crippen molar-refractivity contribution in [1.82, 2.24) is 0 Å². The summed E-state index contributed by atoms with van der Waals surface area (Å²) in [6.07, 6.45) is 1.67. The van der Waals surface area contributed by atoms with Crippen molar-refractivity contribution in [2.24, 2.45) is 5.92 Å². The maximum atomic E-state index is 11.7. The number of rotatable bonds is 6. The summed E-state index contributed by atoms with van der Waals surface area (Å²) in [5, 5.41) is 9.58. The minimum atomic E-state index is -0.581. The number of halogens is 1. The fourth-order valence-electron chi connectivity index (χ4n) is 2.67. The number of hydrogen-bond donors (Lipinski definition) is 1. The van der Waals surface area contributed by atoms with E-state index in [0.29, 0.717) is 24.0 Å². The summed E-state index contributed by atoms with van der Waals surface area (Å²) in [5.74, 6) is 0.486. The van der Waals surface area contributed by atoms with E-state index in [1.807, 2.05) is 6.92 Å². The van der Waals surface area contributed by atoms with E-state index in [9.17, 15) is 14.7 Å². The summed E-state index contributed by atoms with van der Waals surface area (Å²) >= 11 is 6.28. The predicted octanol–water partition coefficient (Wildman–Crippen LogP) is 2.54. The highest BCUT2D eigenvalue weighted by Gasteiger charge is 2.33. The van der Waals surface area contributed by atoms with Crippen LogP contribution in [0.15, 0.2) is 17.9 Å². The van der Waals surface area contributed by atoms with Crippen LogP contribution in [-0.2, 0) is 16.1 Å². The van der Waals surface area contributed by atoms with Gasteiger partial charge in [-0.2, -0.15) is 0 Å². The predicted molar refractivity (Wildman–Crippen MR) is 87.6 cm³/mol.